The minimum atomic E-state index is -4.48. The third-order valence-electron chi connectivity index (χ3n) is 3.65. The number of carboxylic acids is 1. The molecule has 0 aromatic carbocycles. The van der Waals surface area contributed by atoms with Gasteiger partial charge in [-0.3, -0.25) is 4.79 Å². The average molecular weight is 303 g/mol. The highest BCUT2D eigenvalue weighted by molar-refractivity contribution is 5.66. The summed E-state index contributed by atoms with van der Waals surface area (Å²) >= 11 is 0. The molecule has 0 spiro atoms. The quantitative estimate of drug-likeness (QED) is 0.926. The highest BCUT2D eigenvalue weighted by atomic mass is 19.4. The Labute approximate surface area is 119 Å². The summed E-state index contributed by atoms with van der Waals surface area (Å²) in [5.74, 6) is -0.0227. The lowest BCUT2D eigenvalue weighted by atomic mass is 9.92. The van der Waals surface area contributed by atoms with Crippen LogP contribution in [0.25, 0.3) is 0 Å². The maximum absolute atomic E-state index is 12.4. The first-order chi connectivity index (χ1) is 9.86. The van der Waals surface area contributed by atoms with Crippen LogP contribution in [0.2, 0.25) is 0 Å². The Morgan fingerprint density at radius 2 is 1.95 bits per heavy atom. The average Bonchev–Trinajstić information content (AvgIpc) is 2.45. The molecule has 1 aromatic heterocycles. The molecule has 5 nitrogen and oxygen atoms in total. The Hall–Kier alpha value is -1.86. The zero-order valence-corrected chi connectivity index (χ0v) is 11.3. The Morgan fingerprint density at radius 3 is 2.43 bits per heavy atom. The molecule has 1 aliphatic heterocycles. The summed E-state index contributed by atoms with van der Waals surface area (Å²) in [4.78, 5) is 12.4. The normalized spacial score (nSPS) is 17.0. The Kier molecular flexibility index (Phi) is 4.64. The molecule has 0 unspecified atom stereocenters. The molecule has 1 N–H and O–H groups in total. The third kappa shape index (κ3) is 4.30. The van der Waals surface area contributed by atoms with E-state index in [2.05, 4.69) is 10.2 Å². The molecule has 2 heterocycles. The molecule has 2 rings (SSSR count). The molecule has 116 valence electrons. The molecule has 0 atom stereocenters. The van der Waals surface area contributed by atoms with E-state index in [0.717, 1.165) is 18.9 Å². The van der Waals surface area contributed by atoms with Gasteiger partial charge in [0.05, 0.1) is 0 Å². The largest absolute Gasteiger partial charge is 0.481 e. The minimum absolute atomic E-state index is 0.157. The van der Waals surface area contributed by atoms with Gasteiger partial charge in [-0.25, -0.2) is 0 Å². The molecule has 0 amide bonds. The second-order valence-corrected chi connectivity index (χ2v) is 5.14. The van der Waals surface area contributed by atoms with Gasteiger partial charge in [0.15, 0.2) is 11.5 Å². The molecular weight excluding hydrogens is 287 g/mol. The van der Waals surface area contributed by atoms with Gasteiger partial charge in [0.1, 0.15) is 0 Å². The van der Waals surface area contributed by atoms with Gasteiger partial charge >= 0.3 is 12.1 Å². The first kappa shape index (κ1) is 15.5. The van der Waals surface area contributed by atoms with Crippen molar-refractivity contribution < 1.29 is 23.1 Å². The fraction of sp³-hybridized carbons (Fsp3) is 0.615. The molecule has 1 saturated heterocycles. The molecule has 1 aliphatic rings. The highest BCUT2D eigenvalue weighted by Crippen LogP contribution is 2.29. The first-order valence-electron chi connectivity index (χ1n) is 6.74. The van der Waals surface area contributed by atoms with Crippen molar-refractivity contribution in [2.45, 2.75) is 31.9 Å². The summed E-state index contributed by atoms with van der Waals surface area (Å²) in [5.41, 5.74) is -0.998. The van der Waals surface area contributed by atoms with Crippen LogP contribution >= 0.6 is 0 Å². The van der Waals surface area contributed by atoms with Gasteiger partial charge in [0.2, 0.25) is 0 Å². The number of alkyl halides is 3. The SMILES string of the molecule is O=C(O)CCC1CCN(c2ccc(C(F)(F)F)nn2)CC1. The monoisotopic (exact) mass is 303 g/mol. The van der Waals surface area contributed by atoms with Crippen LogP contribution in [0.3, 0.4) is 0 Å². The number of anilines is 1. The topological polar surface area (TPSA) is 66.3 Å². The van der Waals surface area contributed by atoms with Crippen LogP contribution in [-0.2, 0) is 11.0 Å². The number of aliphatic carboxylic acids is 1. The van der Waals surface area contributed by atoms with Gasteiger partial charge in [0, 0.05) is 19.5 Å². The van der Waals surface area contributed by atoms with Crippen molar-refractivity contribution in [3.05, 3.63) is 17.8 Å². The highest BCUT2D eigenvalue weighted by Gasteiger charge is 2.33. The number of hydrogen-bond donors (Lipinski definition) is 1. The van der Waals surface area contributed by atoms with Crippen LogP contribution in [0.4, 0.5) is 19.0 Å². The Morgan fingerprint density at radius 1 is 1.29 bits per heavy atom. The van der Waals surface area contributed by atoms with E-state index >= 15 is 0 Å². The van der Waals surface area contributed by atoms with Crippen molar-refractivity contribution in [2.75, 3.05) is 18.0 Å². The van der Waals surface area contributed by atoms with E-state index in [-0.39, 0.29) is 6.42 Å². The van der Waals surface area contributed by atoms with E-state index in [1.54, 1.807) is 0 Å². The fourth-order valence-electron chi connectivity index (χ4n) is 2.42. The van der Waals surface area contributed by atoms with Gasteiger partial charge < -0.3 is 10.0 Å². The van der Waals surface area contributed by atoms with Crippen LogP contribution in [0.1, 0.15) is 31.4 Å². The van der Waals surface area contributed by atoms with Crippen LogP contribution < -0.4 is 4.90 Å². The van der Waals surface area contributed by atoms with Crippen molar-refractivity contribution in [3.63, 3.8) is 0 Å². The van der Waals surface area contributed by atoms with Crippen LogP contribution in [-0.4, -0.2) is 34.4 Å². The molecule has 0 bridgehead atoms. The number of piperidine rings is 1. The van der Waals surface area contributed by atoms with Crippen LogP contribution in [0, 0.1) is 5.92 Å². The molecular formula is C13H16F3N3O2. The van der Waals surface area contributed by atoms with Crippen molar-refractivity contribution in [3.8, 4) is 0 Å². The standard InChI is InChI=1S/C13H16F3N3O2/c14-13(15,16)10-2-3-11(18-17-10)19-7-5-9(6-8-19)1-4-12(20)21/h2-3,9H,1,4-8H2,(H,20,21). The number of halogens is 3. The van der Waals surface area contributed by atoms with Gasteiger partial charge in [-0.15, -0.1) is 10.2 Å². The number of carbonyl (C=O) groups is 1. The van der Waals surface area contributed by atoms with Crippen molar-refractivity contribution in [1.29, 1.82) is 0 Å². The summed E-state index contributed by atoms with van der Waals surface area (Å²) in [6.07, 6.45) is -2.05. The smallest absolute Gasteiger partial charge is 0.435 e. The lowest BCUT2D eigenvalue weighted by Crippen LogP contribution is -2.34. The van der Waals surface area contributed by atoms with Crippen LogP contribution in [0.5, 0.6) is 0 Å². The Balaban J connectivity index is 1.89. The predicted octanol–water partition coefficient (Wildman–Crippen LogP) is 2.58. The van der Waals surface area contributed by atoms with E-state index in [1.807, 2.05) is 4.90 Å². The lowest BCUT2D eigenvalue weighted by molar-refractivity contribution is -0.141. The molecule has 8 heteroatoms. The number of carboxylic acid groups (broad SMARTS) is 1. The zero-order valence-electron chi connectivity index (χ0n) is 11.3. The van der Waals surface area contributed by atoms with Crippen LogP contribution in [0.15, 0.2) is 12.1 Å². The third-order valence-corrected chi connectivity index (χ3v) is 3.65. The second-order valence-electron chi connectivity index (χ2n) is 5.14. The lowest BCUT2D eigenvalue weighted by Gasteiger charge is -2.32. The predicted molar refractivity (Wildman–Crippen MR) is 68.8 cm³/mol. The maximum atomic E-state index is 12.4. The Bertz CT molecular complexity index is 482. The summed E-state index contributed by atoms with van der Waals surface area (Å²) in [5, 5.41) is 15.5. The molecule has 1 aromatic rings. The van der Waals surface area contributed by atoms with Crippen molar-refractivity contribution >= 4 is 11.8 Å². The van der Waals surface area contributed by atoms with E-state index in [1.165, 1.54) is 6.07 Å². The second kappa shape index (κ2) is 6.28. The van der Waals surface area contributed by atoms with E-state index in [4.69, 9.17) is 5.11 Å². The van der Waals surface area contributed by atoms with E-state index < -0.39 is 17.8 Å². The van der Waals surface area contributed by atoms with Crippen molar-refractivity contribution in [1.82, 2.24) is 10.2 Å². The number of hydrogen-bond acceptors (Lipinski definition) is 4. The number of nitrogens with zero attached hydrogens (tertiary/aromatic N) is 3. The van der Waals surface area contributed by atoms with Gasteiger partial charge in [-0.1, -0.05) is 0 Å². The number of rotatable bonds is 4. The van der Waals surface area contributed by atoms with Gasteiger partial charge in [-0.2, -0.15) is 13.2 Å². The van der Waals surface area contributed by atoms with E-state index in [0.29, 0.717) is 31.2 Å². The summed E-state index contributed by atoms with van der Waals surface area (Å²) in [7, 11) is 0. The molecule has 1 fully saturated rings. The summed E-state index contributed by atoms with van der Waals surface area (Å²) < 4.78 is 37.2. The van der Waals surface area contributed by atoms with E-state index in [9.17, 15) is 18.0 Å². The molecule has 0 saturated carbocycles. The van der Waals surface area contributed by atoms with Crippen molar-refractivity contribution in [2.24, 2.45) is 5.92 Å². The minimum Gasteiger partial charge on any atom is -0.481 e. The zero-order chi connectivity index (χ0) is 15.5. The number of aromatic nitrogens is 2. The fourth-order valence-corrected chi connectivity index (χ4v) is 2.42. The molecule has 21 heavy (non-hydrogen) atoms. The van der Waals surface area contributed by atoms with Gasteiger partial charge in [0.25, 0.3) is 0 Å². The first-order valence-corrected chi connectivity index (χ1v) is 6.74. The van der Waals surface area contributed by atoms with Gasteiger partial charge in [-0.05, 0) is 37.3 Å². The summed E-state index contributed by atoms with van der Waals surface area (Å²) in [6.45, 7) is 1.31. The molecule has 0 aliphatic carbocycles. The molecule has 0 radical (unpaired) electrons. The summed E-state index contributed by atoms with van der Waals surface area (Å²) in [6, 6.07) is 2.26. The maximum Gasteiger partial charge on any atom is 0.435 e.